The van der Waals surface area contributed by atoms with Gasteiger partial charge in [-0.25, -0.2) is 0 Å². The number of rotatable bonds is 10. The number of thioether (sulfide) groups is 1. The van der Waals surface area contributed by atoms with Crippen molar-refractivity contribution < 1.29 is 19.8 Å². The number of carboxylic acids is 1. The highest BCUT2D eigenvalue weighted by Gasteiger charge is 2.12. The topological polar surface area (TPSA) is 86.6 Å². The molecule has 0 radical (unpaired) electrons. The maximum atomic E-state index is 10.3. The maximum absolute atomic E-state index is 10.3. The molecule has 0 heterocycles. The molecule has 0 aromatic heterocycles. The van der Waals surface area contributed by atoms with Crippen LogP contribution in [0, 0.1) is 5.92 Å². The van der Waals surface area contributed by atoms with Gasteiger partial charge in [0.2, 0.25) is 0 Å². The number of carbonyl (C=O) groups is 2. The molecule has 5 nitrogen and oxygen atoms in total. The molecule has 1 unspecified atom stereocenters. The number of carboxylic acid groups (broad SMARTS) is 1. The van der Waals surface area contributed by atoms with E-state index in [-0.39, 0.29) is 17.8 Å². The zero-order valence-electron chi connectivity index (χ0n) is 16.3. The van der Waals surface area contributed by atoms with Gasteiger partial charge in [0.05, 0.1) is 12.5 Å². The van der Waals surface area contributed by atoms with Gasteiger partial charge in [-0.1, -0.05) is 62.9 Å². The second-order valence-corrected chi connectivity index (χ2v) is 7.49. The van der Waals surface area contributed by atoms with Crippen molar-refractivity contribution in [2.75, 3.05) is 12.4 Å². The van der Waals surface area contributed by atoms with Gasteiger partial charge in [0.15, 0.2) is 5.12 Å². The third-order valence-electron chi connectivity index (χ3n) is 3.96. The molecule has 6 heteroatoms. The van der Waals surface area contributed by atoms with Crippen LogP contribution in [-0.4, -0.2) is 45.7 Å². The van der Waals surface area contributed by atoms with Gasteiger partial charge in [-0.15, -0.1) is 0 Å². The van der Waals surface area contributed by atoms with E-state index >= 15 is 0 Å². The van der Waals surface area contributed by atoms with Crippen molar-refractivity contribution in [1.29, 1.82) is 0 Å². The Balaban J connectivity index is 0.000000541. The first-order valence-corrected chi connectivity index (χ1v) is 10.1. The van der Waals surface area contributed by atoms with Crippen LogP contribution in [0.5, 0.6) is 0 Å². The van der Waals surface area contributed by atoms with E-state index in [1.165, 1.54) is 12.5 Å². The van der Waals surface area contributed by atoms with E-state index in [0.29, 0.717) is 11.8 Å². The van der Waals surface area contributed by atoms with Gasteiger partial charge < -0.3 is 15.5 Å². The van der Waals surface area contributed by atoms with E-state index in [1.807, 2.05) is 18.2 Å². The number of aliphatic carboxylic acids is 1. The fourth-order valence-corrected chi connectivity index (χ4v) is 2.87. The number of hydrogen-bond acceptors (Lipinski definition) is 5. The Kier molecular flexibility index (Phi) is 14.0. The third kappa shape index (κ3) is 12.1. The molecular formula is C20H33NO4S. The first kappa shape index (κ1) is 24.6. The molecule has 3 N–H and O–H groups in total. The molecule has 0 fully saturated rings. The van der Waals surface area contributed by atoms with Crippen molar-refractivity contribution in [3.63, 3.8) is 0 Å². The standard InChI is InChI=1S/C14H23NO.C6H10O3S/c1-3-13(4-2)15-14(11-16)10-12-8-6-5-7-9-12;1-4(6(8)9)3-10-5(2)7/h5-9,13-16H,3-4,10-11H2,1-2H3;4H,3H2,1-2H3,(H,8,9)/t14-;/m0./s1. The van der Waals surface area contributed by atoms with Crippen molar-refractivity contribution in [3.8, 4) is 0 Å². The molecule has 1 rings (SSSR count). The van der Waals surface area contributed by atoms with Gasteiger partial charge in [-0.05, 0) is 24.8 Å². The van der Waals surface area contributed by atoms with Crippen LogP contribution in [-0.2, 0) is 16.0 Å². The fourth-order valence-electron chi connectivity index (χ4n) is 2.25. The quantitative estimate of drug-likeness (QED) is 0.574. The SMILES string of the molecule is CC(=O)SCC(C)C(=O)O.CCC(CC)N[C@H](CO)Cc1ccccc1. The van der Waals surface area contributed by atoms with Gasteiger partial charge in [-0.2, -0.15) is 0 Å². The summed E-state index contributed by atoms with van der Waals surface area (Å²) < 4.78 is 0. The first-order valence-electron chi connectivity index (χ1n) is 9.10. The molecule has 0 spiro atoms. The first-order chi connectivity index (χ1) is 12.3. The lowest BCUT2D eigenvalue weighted by Gasteiger charge is -2.22. The Morgan fingerprint density at radius 2 is 1.69 bits per heavy atom. The van der Waals surface area contributed by atoms with Crippen LogP contribution < -0.4 is 5.32 Å². The van der Waals surface area contributed by atoms with Crippen LogP contribution >= 0.6 is 11.8 Å². The molecule has 0 saturated carbocycles. The van der Waals surface area contributed by atoms with Gasteiger partial charge in [-0.3, -0.25) is 9.59 Å². The van der Waals surface area contributed by atoms with Crippen molar-refractivity contribution in [1.82, 2.24) is 5.32 Å². The number of carbonyl (C=O) groups excluding carboxylic acids is 1. The van der Waals surface area contributed by atoms with Crippen LogP contribution in [0.25, 0.3) is 0 Å². The molecule has 0 aliphatic carbocycles. The molecule has 0 aliphatic rings. The smallest absolute Gasteiger partial charge is 0.307 e. The summed E-state index contributed by atoms with van der Waals surface area (Å²) >= 11 is 1.05. The average Bonchev–Trinajstić information content (AvgIpc) is 2.64. The Hall–Kier alpha value is -1.37. The summed E-state index contributed by atoms with van der Waals surface area (Å²) in [6.07, 6.45) is 3.12. The molecular weight excluding hydrogens is 350 g/mol. The lowest BCUT2D eigenvalue weighted by Crippen LogP contribution is -2.41. The highest BCUT2D eigenvalue weighted by Crippen LogP contribution is 2.08. The van der Waals surface area contributed by atoms with Crippen molar-refractivity contribution in [3.05, 3.63) is 35.9 Å². The lowest BCUT2D eigenvalue weighted by molar-refractivity contribution is -0.140. The fraction of sp³-hybridized carbons (Fsp3) is 0.600. The van der Waals surface area contributed by atoms with Crippen LogP contribution in [0.3, 0.4) is 0 Å². The van der Waals surface area contributed by atoms with Crippen LogP contribution in [0.1, 0.15) is 46.1 Å². The summed E-state index contributed by atoms with van der Waals surface area (Å²) in [5, 5.41) is 21.2. The minimum absolute atomic E-state index is 0.0342. The van der Waals surface area contributed by atoms with Gasteiger partial charge in [0, 0.05) is 24.8 Å². The summed E-state index contributed by atoms with van der Waals surface area (Å²) in [5.74, 6) is -0.923. The highest BCUT2D eigenvalue weighted by molar-refractivity contribution is 8.13. The molecule has 0 saturated heterocycles. The van der Waals surface area contributed by atoms with Gasteiger partial charge >= 0.3 is 5.97 Å². The molecule has 0 aliphatic heterocycles. The monoisotopic (exact) mass is 383 g/mol. The Morgan fingerprint density at radius 1 is 1.12 bits per heavy atom. The zero-order valence-corrected chi connectivity index (χ0v) is 17.1. The number of aliphatic hydroxyl groups excluding tert-OH is 1. The Bertz CT molecular complexity index is 506. The van der Waals surface area contributed by atoms with Crippen LogP contribution in [0.15, 0.2) is 30.3 Å². The number of aliphatic hydroxyl groups is 1. The molecule has 1 aromatic carbocycles. The van der Waals surface area contributed by atoms with Crippen molar-refractivity contribution in [2.24, 2.45) is 5.92 Å². The average molecular weight is 384 g/mol. The molecule has 0 amide bonds. The summed E-state index contributed by atoms with van der Waals surface area (Å²) in [5.41, 5.74) is 1.28. The minimum atomic E-state index is -0.853. The molecule has 0 bridgehead atoms. The Labute approximate surface area is 161 Å². The van der Waals surface area contributed by atoms with E-state index in [9.17, 15) is 14.7 Å². The van der Waals surface area contributed by atoms with Crippen LogP contribution in [0.2, 0.25) is 0 Å². The zero-order chi connectivity index (χ0) is 19.9. The number of benzene rings is 1. The molecule has 2 atom stereocenters. The molecule has 148 valence electrons. The second kappa shape index (κ2) is 14.8. The summed E-state index contributed by atoms with van der Waals surface area (Å²) in [6.45, 7) is 7.57. The van der Waals surface area contributed by atoms with E-state index in [2.05, 4.69) is 31.3 Å². The predicted molar refractivity (Wildman–Crippen MR) is 108 cm³/mol. The third-order valence-corrected chi connectivity index (χ3v) is 5.03. The minimum Gasteiger partial charge on any atom is -0.481 e. The normalized spacial score (nSPS) is 12.8. The van der Waals surface area contributed by atoms with E-state index < -0.39 is 11.9 Å². The van der Waals surface area contributed by atoms with Gasteiger partial charge in [0.1, 0.15) is 0 Å². The summed E-state index contributed by atoms with van der Waals surface area (Å²) in [6, 6.07) is 11.0. The lowest BCUT2D eigenvalue weighted by atomic mass is 10.0. The van der Waals surface area contributed by atoms with E-state index in [1.54, 1.807) is 6.92 Å². The van der Waals surface area contributed by atoms with E-state index in [0.717, 1.165) is 31.0 Å². The van der Waals surface area contributed by atoms with Crippen molar-refractivity contribution >= 4 is 22.8 Å². The van der Waals surface area contributed by atoms with Crippen molar-refractivity contribution in [2.45, 2.75) is 59.0 Å². The molecule has 26 heavy (non-hydrogen) atoms. The highest BCUT2D eigenvalue weighted by atomic mass is 32.2. The van der Waals surface area contributed by atoms with Crippen LogP contribution in [0.4, 0.5) is 0 Å². The Morgan fingerprint density at radius 3 is 2.12 bits per heavy atom. The number of nitrogens with one attached hydrogen (secondary N) is 1. The summed E-state index contributed by atoms with van der Waals surface area (Å²) in [7, 11) is 0. The predicted octanol–water partition coefficient (Wildman–Crippen LogP) is 3.36. The molecule has 1 aromatic rings. The number of hydrogen-bond donors (Lipinski definition) is 3. The van der Waals surface area contributed by atoms with Gasteiger partial charge in [0.25, 0.3) is 0 Å². The maximum Gasteiger partial charge on any atom is 0.307 e. The second-order valence-electron chi connectivity index (χ2n) is 6.29. The summed E-state index contributed by atoms with van der Waals surface area (Å²) in [4.78, 5) is 20.5. The largest absolute Gasteiger partial charge is 0.481 e. The van der Waals surface area contributed by atoms with E-state index in [4.69, 9.17) is 5.11 Å².